The van der Waals surface area contributed by atoms with Gasteiger partial charge in [0.2, 0.25) is 0 Å². The summed E-state index contributed by atoms with van der Waals surface area (Å²) in [4.78, 5) is 12.2. The fraction of sp³-hybridized carbons (Fsp3) is 0.250. The van der Waals surface area contributed by atoms with Gasteiger partial charge >= 0.3 is 5.97 Å². The minimum Gasteiger partial charge on any atom is -0.459 e. The van der Waals surface area contributed by atoms with Gasteiger partial charge < -0.3 is 4.74 Å². The Balaban J connectivity index is 1.76. The maximum absolute atomic E-state index is 12.2. The molecule has 0 saturated heterocycles. The molecule has 3 aromatic rings. The summed E-state index contributed by atoms with van der Waals surface area (Å²) in [7, 11) is 0. The number of halogens is 3. The monoisotopic (exact) mass is 430 g/mol. The Bertz CT molecular complexity index is 971. The minimum atomic E-state index is -0.394. The van der Waals surface area contributed by atoms with E-state index in [0.717, 1.165) is 34.2 Å². The first kappa shape index (κ1) is 19.1. The van der Waals surface area contributed by atoms with Gasteiger partial charge in [0.25, 0.3) is 0 Å². The molecule has 0 unspecified atom stereocenters. The van der Waals surface area contributed by atoms with Gasteiger partial charge in [-0.2, -0.15) is 5.10 Å². The molecule has 0 amide bonds. The zero-order chi connectivity index (χ0) is 18.8. The average molecular weight is 432 g/mol. The van der Waals surface area contributed by atoms with E-state index in [4.69, 9.17) is 39.5 Å². The summed E-state index contributed by atoms with van der Waals surface area (Å²) in [5.74, 6) is -0.394. The highest BCUT2D eigenvalue weighted by Crippen LogP contribution is 2.26. The smallest absolute Gasteiger partial charge is 0.310 e. The summed E-state index contributed by atoms with van der Waals surface area (Å²) in [5, 5.41) is 9.21. The molecular weight excluding hydrogens is 419 g/mol. The standard InChI is InChI=1S/C16H13Cl3N4O2S/c1-8-11(6-15(24)25-7-14-16(19)26-22-20-14)9(2)23(21-8)10-3-4-12(17)13(18)5-10/h3-5H,6-7H2,1-2H3. The molecule has 0 aliphatic carbocycles. The zero-order valence-corrected chi connectivity index (χ0v) is 16.9. The van der Waals surface area contributed by atoms with E-state index >= 15 is 0 Å². The van der Waals surface area contributed by atoms with Crippen LogP contribution in [0.4, 0.5) is 0 Å². The van der Waals surface area contributed by atoms with Crippen LogP contribution < -0.4 is 0 Å². The Kier molecular flexibility index (Phi) is 5.82. The van der Waals surface area contributed by atoms with E-state index in [1.807, 2.05) is 19.9 Å². The van der Waals surface area contributed by atoms with Crippen molar-refractivity contribution in [2.24, 2.45) is 0 Å². The van der Waals surface area contributed by atoms with Crippen molar-refractivity contribution in [3.8, 4) is 5.69 Å². The zero-order valence-electron chi connectivity index (χ0n) is 13.8. The summed E-state index contributed by atoms with van der Waals surface area (Å²) in [6.45, 7) is 3.71. The molecule has 3 rings (SSSR count). The van der Waals surface area contributed by atoms with Crippen molar-refractivity contribution < 1.29 is 9.53 Å². The van der Waals surface area contributed by atoms with Crippen LogP contribution >= 0.6 is 46.3 Å². The van der Waals surface area contributed by atoms with Crippen molar-refractivity contribution in [1.29, 1.82) is 0 Å². The Morgan fingerprint density at radius 1 is 1.23 bits per heavy atom. The van der Waals surface area contributed by atoms with Gasteiger partial charge in [0.05, 0.1) is 27.8 Å². The highest BCUT2D eigenvalue weighted by atomic mass is 35.5. The van der Waals surface area contributed by atoms with Crippen molar-refractivity contribution in [2.45, 2.75) is 26.9 Å². The number of aromatic nitrogens is 4. The summed E-state index contributed by atoms with van der Waals surface area (Å²) in [6, 6.07) is 5.24. The molecule has 2 heterocycles. The van der Waals surface area contributed by atoms with E-state index in [-0.39, 0.29) is 13.0 Å². The second-order valence-electron chi connectivity index (χ2n) is 5.49. The van der Waals surface area contributed by atoms with E-state index in [2.05, 4.69) is 14.7 Å². The van der Waals surface area contributed by atoms with E-state index in [0.29, 0.717) is 20.1 Å². The largest absolute Gasteiger partial charge is 0.459 e. The molecule has 10 heteroatoms. The molecule has 0 N–H and O–H groups in total. The summed E-state index contributed by atoms with van der Waals surface area (Å²) in [6.07, 6.45) is 0.0914. The lowest BCUT2D eigenvalue weighted by Crippen LogP contribution is -2.10. The summed E-state index contributed by atoms with van der Waals surface area (Å²) < 4.78 is 11.1. The fourth-order valence-electron chi connectivity index (χ4n) is 2.43. The molecule has 2 aromatic heterocycles. The molecule has 0 atom stereocenters. The maximum Gasteiger partial charge on any atom is 0.310 e. The number of hydrogen-bond acceptors (Lipinski definition) is 6. The quantitative estimate of drug-likeness (QED) is 0.553. The minimum absolute atomic E-state index is 0.00675. The first-order chi connectivity index (χ1) is 12.4. The molecule has 0 aliphatic heterocycles. The lowest BCUT2D eigenvalue weighted by Gasteiger charge is -2.07. The molecule has 136 valence electrons. The van der Waals surface area contributed by atoms with Crippen molar-refractivity contribution in [3.63, 3.8) is 0 Å². The molecule has 0 fully saturated rings. The van der Waals surface area contributed by atoms with Crippen LogP contribution in [0.1, 0.15) is 22.6 Å². The van der Waals surface area contributed by atoms with Crippen molar-refractivity contribution >= 4 is 52.3 Å². The molecule has 0 aliphatic rings. The van der Waals surface area contributed by atoms with Crippen molar-refractivity contribution in [2.75, 3.05) is 0 Å². The molecule has 0 saturated carbocycles. The number of hydrogen-bond donors (Lipinski definition) is 0. The van der Waals surface area contributed by atoms with Gasteiger partial charge in [-0.1, -0.05) is 39.3 Å². The van der Waals surface area contributed by atoms with E-state index < -0.39 is 5.97 Å². The van der Waals surface area contributed by atoms with Crippen LogP contribution in [0.5, 0.6) is 0 Å². The molecule has 1 aromatic carbocycles. The second kappa shape index (κ2) is 7.92. The number of carbonyl (C=O) groups is 1. The Morgan fingerprint density at radius 3 is 2.65 bits per heavy atom. The van der Waals surface area contributed by atoms with E-state index in [1.54, 1.807) is 16.8 Å². The highest BCUT2D eigenvalue weighted by Gasteiger charge is 2.18. The van der Waals surface area contributed by atoms with Crippen LogP contribution in [0.15, 0.2) is 18.2 Å². The number of rotatable bonds is 5. The number of aryl methyl sites for hydroxylation is 1. The maximum atomic E-state index is 12.2. The number of carbonyl (C=O) groups excluding carboxylic acids is 1. The third-order valence-electron chi connectivity index (χ3n) is 3.79. The molecular formula is C16H13Cl3N4O2S. The number of ether oxygens (including phenoxy) is 1. The Morgan fingerprint density at radius 2 is 2.00 bits per heavy atom. The third-order valence-corrected chi connectivity index (χ3v) is 5.51. The van der Waals surface area contributed by atoms with E-state index in [1.165, 1.54) is 0 Å². The average Bonchev–Trinajstić information content (AvgIpc) is 3.13. The lowest BCUT2D eigenvalue weighted by atomic mass is 10.1. The van der Waals surface area contributed by atoms with E-state index in [9.17, 15) is 4.79 Å². The Hall–Kier alpha value is -1.67. The predicted octanol–water partition coefficient (Wildman–Crippen LogP) is 4.59. The van der Waals surface area contributed by atoms with Crippen LogP contribution in [0, 0.1) is 13.8 Å². The van der Waals surface area contributed by atoms with Crippen LogP contribution in [-0.2, 0) is 22.6 Å². The third kappa shape index (κ3) is 4.01. The first-order valence-corrected chi connectivity index (χ1v) is 9.40. The van der Waals surface area contributed by atoms with Gasteiger partial charge in [-0.3, -0.25) is 4.79 Å². The summed E-state index contributed by atoms with van der Waals surface area (Å²) >= 11 is 19.0. The van der Waals surface area contributed by atoms with Crippen molar-refractivity contribution in [1.82, 2.24) is 19.4 Å². The molecule has 26 heavy (non-hydrogen) atoms. The SMILES string of the molecule is Cc1nn(-c2ccc(Cl)c(Cl)c2)c(C)c1CC(=O)OCc1nnsc1Cl. The van der Waals surface area contributed by atoms with Gasteiger partial charge in [0.15, 0.2) is 0 Å². The topological polar surface area (TPSA) is 69.9 Å². The van der Waals surface area contributed by atoms with Crippen LogP contribution in [-0.4, -0.2) is 25.3 Å². The van der Waals surface area contributed by atoms with Gasteiger partial charge in [-0.25, -0.2) is 4.68 Å². The van der Waals surface area contributed by atoms with Crippen LogP contribution in [0.2, 0.25) is 14.4 Å². The molecule has 0 spiro atoms. The highest BCUT2D eigenvalue weighted by molar-refractivity contribution is 7.10. The number of esters is 1. The van der Waals surface area contributed by atoms with Gasteiger partial charge in [0, 0.05) is 22.8 Å². The second-order valence-corrected chi connectivity index (χ2v) is 7.66. The molecule has 6 nitrogen and oxygen atoms in total. The lowest BCUT2D eigenvalue weighted by molar-refractivity contribution is -0.144. The predicted molar refractivity (Wildman–Crippen MR) is 101 cm³/mol. The Labute approximate surface area is 168 Å². The molecule has 0 radical (unpaired) electrons. The number of nitrogens with zero attached hydrogens (tertiary/aromatic N) is 4. The fourth-order valence-corrected chi connectivity index (χ4v) is 3.32. The molecule has 0 bridgehead atoms. The van der Waals surface area contributed by atoms with Crippen molar-refractivity contribution in [3.05, 3.63) is 55.2 Å². The van der Waals surface area contributed by atoms with Gasteiger partial charge in [-0.15, -0.1) is 5.10 Å². The van der Waals surface area contributed by atoms with Crippen LogP contribution in [0.3, 0.4) is 0 Å². The van der Waals surface area contributed by atoms with Gasteiger partial charge in [-0.05, 0) is 32.0 Å². The van der Waals surface area contributed by atoms with Crippen LogP contribution in [0.25, 0.3) is 5.69 Å². The summed E-state index contributed by atoms with van der Waals surface area (Å²) in [5.41, 5.74) is 3.57. The number of benzene rings is 1. The normalized spacial score (nSPS) is 11.0. The van der Waals surface area contributed by atoms with Gasteiger partial charge in [0.1, 0.15) is 16.6 Å². The first-order valence-electron chi connectivity index (χ1n) is 7.49.